The monoisotopic (exact) mass is 416 g/mol. The summed E-state index contributed by atoms with van der Waals surface area (Å²) in [5.74, 6) is -0.329. The summed E-state index contributed by atoms with van der Waals surface area (Å²) in [7, 11) is 0. The Labute approximate surface area is 180 Å². The lowest BCUT2D eigenvalue weighted by molar-refractivity contribution is -0.114. The standard InChI is InChI=1S/C24H21ClN4O/c1-17(18-12-14-21(25)15-13-18)26-28-23(30)22-16-24(29-27-22,19-8-4-2-5-9-19)20-10-6-3-7-11-20/h2-15,29H,16H2,1H3,(H,28,30). The van der Waals surface area contributed by atoms with Crippen molar-refractivity contribution < 1.29 is 4.79 Å². The molecule has 30 heavy (non-hydrogen) atoms. The highest BCUT2D eigenvalue weighted by atomic mass is 35.5. The molecule has 0 aromatic heterocycles. The number of carbonyl (C=O) groups is 1. The Hall–Kier alpha value is -3.44. The first kappa shape index (κ1) is 19.9. The summed E-state index contributed by atoms with van der Waals surface area (Å²) in [4.78, 5) is 12.8. The van der Waals surface area contributed by atoms with E-state index in [1.807, 2.05) is 79.7 Å². The Morgan fingerprint density at radius 3 is 2.10 bits per heavy atom. The molecule has 1 aliphatic heterocycles. The van der Waals surface area contributed by atoms with Gasteiger partial charge in [-0.05, 0) is 35.7 Å². The maximum Gasteiger partial charge on any atom is 0.287 e. The first-order chi connectivity index (χ1) is 14.6. The van der Waals surface area contributed by atoms with Gasteiger partial charge in [0, 0.05) is 11.4 Å². The molecule has 0 spiro atoms. The lowest BCUT2D eigenvalue weighted by atomic mass is 9.80. The van der Waals surface area contributed by atoms with Gasteiger partial charge >= 0.3 is 0 Å². The molecule has 3 aromatic carbocycles. The Kier molecular flexibility index (Phi) is 5.63. The van der Waals surface area contributed by atoms with Gasteiger partial charge < -0.3 is 0 Å². The lowest BCUT2D eigenvalue weighted by Gasteiger charge is -2.30. The van der Waals surface area contributed by atoms with Crippen LogP contribution in [0, 0.1) is 0 Å². The van der Waals surface area contributed by atoms with E-state index in [4.69, 9.17) is 11.6 Å². The van der Waals surface area contributed by atoms with E-state index >= 15 is 0 Å². The van der Waals surface area contributed by atoms with Crippen LogP contribution >= 0.6 is 11.6 Å². The summed E-state index contributed by atoms with van der Waals surface area (Å²) in [6.45, 7) is 1.83. The second kappa shape index (κ2) is 8.51. The lowest BCUT2D eigenvalue weighted by Crippen LogP contribution is -2.38. The van der Waals surface area contributed by atoms with Crippen LogP contribution < -0.4 is 10.9 Å². The molecule has 0 radical (unpaired) electrons. The van der Waals surface area contributed by atoms with E-state index in [2.05, 4.69) is 21.1 Å². The average molecular weight is 417 g/mol. The number of hydrogen-bond acceptors (Lipinski definition) is 4. The molecule has 1 amide bonds. The van der Waals surface area contributed by atoms with Crippen LogP contribution in [0.5, 0.6) is 0 Å². The van der Waals surface area contributed by atoms with Gasteiger partial charge in [0.2, 0.25) is 0 Å². The Bertz CT molecular complexity index is 1050. The van der Waals surface area contributed by atoms with Crippen molar-refractivity contribution in [2.24, 2.45) is 10.2 Å². The molecular formula is C24H21ClN4O. The number of amides is 1. The molecule has 3 aromatic rings. The van der Waals surface area contributed by atoms with E-state index in [9.17, 15) is 4.79 Å². The summed E-state index contributed by atoms with van der Waals surface area (Å²) >= 11 is 5.93. The highest BCUT2D eigenvalue weighted by molar-refractivity contribution is 6.39. The summed E-state index contributed by atoms with van der Waals surface area (Å²) < 4.78 is 0. The van der Waals surface area contributed by atoms with E-state index in [0.717, 1.165) is 16.7 Å². The zero-order valence-electron chi connectivity index (χ0n) is 16.5. The minimum Gasteiger partial charge on any atom is -0.294 e. The molecule has 150 valence electrons. The number of halogens is 1. The summed E-state index contributed by atoms with van der Waals surface area (Å²) in [5.41, 5.74) is 9.31. The first-order valence-corrected chi connectivity index (χ1v) is 10.0. The van der Waals surface area contributed by atoms with Gasteiger partial charge in [-0.25, -0.2) is 5.43 Å². The SMILES string of the molecule is CC(=NNC(=O)C1=NNC(c2ccccc2)(c2ccccc2)C1)c1ccc(Cl)cc1. The van der Waals surface area contributed by atoms with Crippen LogP contribution in [0.3, 0.4) is 0 Å². The van der Waals surface area contributed by atoms with Gasteiger partial charge in [-0.15, -0.1) is 0 Å². The molecule has 5 nitrogen and oxygen atoms in total. The largest absolute Gasteiger partial charge is 0.294 e. The normalized spacial score (nSPS) is 15.3. The molecule has 0 saturated heterocycles. The number of carbonyl (C=O) groups excluding carboxylic acids is 1. The van der Waals surface area contributed by atoms with Gasteiger partial charge in [0.1, 0.15) is 11.3 Å². The van der Waals surface area contributed by atoms with Crippen LogP contribution in [0.1, 0.15) is 30.0 Å². The second-order valence-corrected chi connectivity index (χ2v) is 7.57. The zero-order valence-corrected chi connectivity index (χ0v) is 17.2. The number of rotatable bonds is 5. The van der Waals surface area contributed by atoms with Crippen LogP contribution in [0.15, 0.2) is 95.1 Å². The molecular weight excluding hydrogens is 396 g/mol. The van der Waals surface area contributed by atoms with Crippen molar-refractivity contribution in [3.05, 3.63) is 107 Å². The van der Waals surface area contributed by atoms with Gasteiger partial charge in [0.15, 0.2) is 0 Å². The third-order valence-corrected chi connectivity index (χ3v) is 5.45. The molecule has 6 heteroatoms. The Morgan fingerprint density at radius 1 is 0.967 bits per heavy atom. The van der Waals surface area contributed by atoms with Gasteiger partial charge in [-0.3, -0.25) is 10.2 Å². The quantitative estimate of drug-likeness (QED) is 0.476. The van der Waals surface area contributed by atoms with E-state index in [1.54, 1.807) is 12.1 Å². The summed E-state index contributed by atoms with van der Waals surface area (Å²) in [5, 5.41) is 9.25. The van der Waals surface area contributed by atoms with Crippen molar-refractivity contribution in [1.29, 1.82) is 0 Å². The smallest absolute Gasteiger partial charge is 0.287 e. The van der Waals surface area contributed by atoms with Gasteiger partial charge in [0.25, 0.3) is 5.91 Å². The fourth-order valence-corrected chi connectivity index (χ4v) is 3.65. The van der Waals surface area contributed by atoms with Crippen LogP contribution in [0.25, 0.3) is 0 Å². The minimum atomic E-state index is -0.593. The fraction of sp³-hybridized carbons (Fsp3) is 0.125. The maximum absolute atomic E-state index is 12.8. The maximum atomic E-state index is 12.8. The van der Waals surface area contributed by atoms with Crippen molar-refractivity contribution >= 4 is 28.9 Å². The van der Waals surface area contributed by atoms with Crippen molar-refractivity contribution in [2.75, 3.05) is 0 Å². The topological polar surface area (TPSA) is 65.8 Å². The molecule has 1 aliphatic rings. The molecule has 0 saturated carbocycles. The Morgan fingerprint density at radius 2 is 1.53 bits per heavy atom. The van der Waals surface area contributed by atoms with Gasteiger partial charge in [-0.2, -0.15) is 10.2 Å². The van der Waals surface area contributed by atoms with Crippen LogP contribution in [0.4, 0.5) is 0 Å². The highest BCUT2D eigenvalue weighted by Crippen LogP contribution is 2.36. The molecule has 0 fully saturated rings. The Balaban J connectivity index is 1.54. The van der Waals surface area contributed by atoms with Crippen molar-refractivity contribution in [1.82, 2.24) is 10.9 Å². The summed E-state index contributed by atoms with van der Waals surface area (Å²) in [6.07, 6.45) is 0.419. The second-order valence-electron chi connectivity index (χ2n) is 7.13. The highest BCUT2D eigenvalue weighted by Gasteiger charge is 2.41. The third-order valence-electron chi connectivity index (χ3n) is 5.20. The van der Waals surface area contributed by atoms with Crippen LogP contribution in [-0.4, -0.2) is 17.3 Å². The molecule has 0 bridgehead atoms. The van der Waals surface area contributed by atoms with Crippen molar-refractivity contribution in [3.8, 4) is 0 Å². The molecule has 4 rings (SSSR count). The van der Waals surface area contributed by atoms with Crippen molar-refractivity contribution in [3.63, 3.8) is 0 Å². The molecule has 2 N–H and O–H groups in total. The van der Waals surface area contributed by atoms with E-state index in [-0.39, 0.29) is 5.91 Å². The zero-order chi connectivity index (χ0) is 21.0. The number of nitrogens with one attached hydrogen (secondary N) is 2. The predicted molar refractivity (Wildman–Crippen MR) is 121 cm³/mol. The van der Waals surface area contributed by atoms with E-state index < -0.39 is 5.54 Å². The van der Waals surface area contributed by atoms with Gasteiger partial charge in [-0.1, -0.05) is 84.4 Å². The molecule has 0 atom stereocenters. The number of hydrazone groups is 2. The number of hydrogen-bond donors (Lipinski definition) is 2. The molecule has 0 unspecified atom stereocenters. The summed E-state index contributed by atoms with van der Waals surface area (Å²) in [6, 6.07) is 27.3. The number of nitrogens with zero attached hydrogens (tertiary/aromatic N) is 2. The minimum absolute atomic E-state index is 0.329. The third kappa shape index (κ3) is 3.98. The van der Waals surface area contributed by atoms with Crippen LogP contribution in [-0.2, 0) is 10.3 Å². The number of benzene rings is 3. The van der Waals surface area contributed by atoms with E-state index in [0.29, 0.717) is 22.9 Å². The average Bonchev–Trinajstić information content (AvgIpc) is 3.26. The van der Waals surface area contributed by atoms with Crippen LogP contribution in [0.2, 0.25) is 5.02 Å². The first-order valence-electron chi connectivity index (χ1n) is 9.64. The predicted octanol–water partition coefficient (Wildman–Crippen LogP) is 4.47. The fourth-order valence-electron chi connectivity index (χ4n) is 3.52. The molecule has 1 heterocycles. The van der Waals surface area contributed by atoms with E-state index in [1.165, 1.54) is 0 Å². The van der Waals surface area contributed by atoms with Gasteiger partial charge in [0.05, 0.1) is 5.71 Å². The molecule has 0 aliphatic carbocycles. The van der Waals surface area contributed by atoms with Crippen molar-refractivity contribution in [2.45, 2.75) is 18.9 Å².